The van der Waals surface area contributed by atoms with Gasteiger partial charge in [0.2, 0.25) is 5.91 Å². The lowest BCUT2D eigenvalue weighted by Gasteiger charge is -2.49. The van der Waals surface area contributed by atoms with Crippen molar-refractivity contribution in [2.45, 2.75) is 69.0 Å². The molecule has 4 aliphatic heterocycles. The van der Waals surface area contributed by atoms with Crippen LogP contribution in [0.2, 0.25) is 0 Å². The van der Waals surface area contributed by atoms with Crippen LogP contribution in [0, 0.1) is 0 Å². The summed E-state index contributed by atoms with van der Waals surface area (Å²) in [6.07, 6.45) is -1.76. The van der Waals surface area contributed by atoms with Crippen LogP contribution >= 0.6 is 0 Å². The van der Waals surface area contributed by atoms with Crippen molar-refractivity contribution in [1.29, 1.82) is 0 Å². The monoisotopic (exact) mass is 846 g/mol. The van der Waals surface area contributed by atoms with Gasteiger partial charge in [-0.15, -0.1) is 17.9 Å². The Hall–Kier alpha value is -5.66. The zero-order chi connectivity index (χ0) is 44.0. The number of amides is 4. The van der Waals surface area contributed by atoms with E-state index < -0.39 is 109 Å². The summed E-state index contributed by atoms with van der Waals surface area (Å²) in [7, 11) is 0. The Bertz CT molecular complexity index is 1660. The molecule has 0 saturated carbocycles. The second kappa shape index (κ2) is 18.1. The summed E-state index contributed by atoms with van der Waals surface area (Å²) in [5.74, 6) is -11.7. The van der Waals surface area contributed by atoms with Crippen LogP contribution in [0.15, 0.2) is 0 Å². The average Bonchev–Trinajstić information content (AvgIpc) is 3.75. The Morgan fingerprint density at radius 3 is 1.19 bits per heavy atom. The smallest absolute Gasteiger partial charge is 0.481 e. The van der Waals surface area contributed by atoms with Crippen LogP contribution in [-0.2, 0) is 43.2 Å². The maximum Gasteiger partial charge on any atom is 0.483 e. The first-order valence-corrected chi connectivity index (χ1v) is 19.2. The minimum atomic E-state index is -1.69. The number of hydrogen-bond acceptors (Lipinski definition) is 10. The van der Waals surface area contributed by atoms with Crippen LogP contribution in [0.3, 0.4) is 0 Å². The summed E-state index contributed by atoms with van der Waals surface area (Å²) in [4.78, 5) is 121. The lowest BCUT2D eigenvalue weighted by molar-refractivity contribution is -1.36. The molecule has 59 heavy (non-hydrogen) atoms. The van der Waals surface area contributed by atoms with Crippen molar-refractivity contribution < 1.29 is 102 Å². The molecule has 8 atom stereocenters. The Balaban J connectivity index is 1.33. The molecule has 4 rings (SSSR count). The molecule has 0 aromatic heterocycles. The highest BCUT2D eigenvalue weighted by atomic mass is 16.4. The number of nitrogens with one attached hydrogen (secondary N) is 4. The summed E-state index contributed by atoms with van der Waals surface area (Å²) in [5, 5.41) is 76.5. The summed E-state index contributed by atoms with van der Waals surface area (Å²) >= 11 is 0. The summed E-state index contributed by atoms with van der Waals surface area (Å²) in [5.41, 5.74) is 0. The molecule has 3 unspecified atom stereocenters. The zero-order valence-corrected chi connectivity index (χ0v) is 32.4. The van der Waals surface area contributed by atoms with E-state index in [1.54, 1.807) is 0 Å². The quantitative estimate of drug-likeness (QED) is 0.0307. The number of carboxylic acids is 7. The number of quaternary nitrogens is 4. The third kappa shape index (κ3) is 9.16. The van der Waals surface area contributed by atoms with Gasteiger partial charge < -0.3 is 57.0 Å². The summed E-state index contributed by atoms with van der Waals surface area (Å²) < 4.78 is -0.0294. The average molecular weight is 847 g/mol. The van der Waals surface area contributed by atoms with Gasteiger partial charge >= 0.3 is 53.7 Å². The van der Waals surface area contributed by atoms with Crippen LogP contribution < -0.4 is 21.3 Å². The highest BCUT2D eigenvalue weighted by Crippen LogP contribution is 2.62. The fourth-order valence-electron chi connectivity index (χ4n) is 10.7. The maximum atomic E-state index is 13.7. The van der Waals surface area contributed by atoms with Gasteiger partial charge in [-0.3, -0.25) is 14.4 Å². The lowest BCUT2D eigenvalue weighted by atomic mass is 10.1. The molecule has 25 nitrogen and oxygen atoms in total. The third-order valence-corrected chi connectivity index (χ3v) is 12.5. The second-order valence-electron chi connectivity index (χ2n) is 16.0. The minimum Gasteiger partial charge on any atom is -0.481 e. The molecule has 0 aromatic rings. The molecule has 4 amide bonds. The van der Waals surface area contributed by atoms with Crippen molar-refractivity contribution in [3.05, 3.63) is 0 Å². The number of hydrogen-bond donors (Lipinski definition) is 11. The van der Waals surface area contributed by atoms with Crippen LogP contribution in [0.5, 0.6) is 0 Å². The Labute approximate surface area is 336 Å². The number of urea groups is 1. The van der Waals surface area contributed by atoms with E-state index in [9.17, 15) is 78.6 Å². The Morgan fingerprint density at radius 2 is 0.814 bits per heavy atom. The molecule has 4 fully saturated rings. The standard InChI is InChI=1S/C34H50N8O17/c43-24(6-4-22(31(55)56)37-33(59)38-23(32(57)58)5-7-26(45)46)36-21(30(53)54)3-1-2-8-35-25(44)17-39-9-11-40(18-27(47)48)13-15-42(20-29(51)52)16-14-41(12-10-39,19-28(49)50)34(39,40)42/h21-23H,1-20H2,(H7-4,35,36,37,38,43,44,45,46,47,48,49,50,51,52,53,54,55,56,57,58,59)/p+4/t21-,22-,23-,34?,39?,40-,41+,42?/m0/s1. The van der Waals surface area contributed by atoms with Crippen molar-refractivity contribution in [2.24, 2.45) is 0 Å². The van der Waals surface area contributed by atoms with Crippen molar-refractivity contribution in [3.8, 4) is 0 Å². The van der Waals surface area contributed by atoms with Gasteiger partial charge in [0.1, 0.15) is 70.5 Å². The maximum absolute atomic E-state index is 13.7. The van der Waals surface area contributed by atoms with Crippen LogP contribution in [0.25, 0.3) is 0 Å². The molecule has 0 radical (unpaired) electrons. The summed E-state index contributed by atoms with van der Waals surface area (Å²) in [6, 6.07) is -5.97. The molecule has 25 heteroatoms. The van der Waals surface area contributed by atoms with Gasteiger partial charge in [0.25, 0.3) is 5.91 Å². The third-order valence-electron chi connectivity index (χ3n) is 12.5. The number of carboxylic acid groups (broad SMARTS) is 7. The summed E-state index contributed by atoms with van der Waals surface area (Å²) in [6.45, 7) is 1.53. The first-order valence-electron chi connectivity index (χ1n) is 19.2. The fraction of sp³-hybridized carbons (Fsp3) is 0.706. The van der Waals surface area contributed by atoms with Gasteiger partial charge in [0, 0.05) is 19.4 Å². The van der Waals surface area contributed by atoms with Crippen molar-refractivity contribution in [3.63, 3.8) is 0 Å². The van der Waals surface area contributed by atoms with E-state index in [-0.39, 0.29) is 69.9 Å². The number of nitrogens with zero attached hydrogens (tertiary/aromatic N) is 4. The highest BCUT2D eigenvalue weighted by Gasteiger charge is 2.99. The molecule has 4 aliphatic rings. The van der Waals surface area contributed by atoms with Crippen molar-refractivity contribution in [2.75, 3.05) is 85.1 Å². The Kier molecular flexibility index (Phi) is 14.1. The van der Waals surface area contributed by atoms with Crippen LogP contribution in [0.1, 0.15) is 44.9 Å². The SMILES string of the molecule is O=C(O)CC[C@H](NC(=O)N[C@@H](CCC(=O)N[C@@H](CCCCNC(=O)C[N+]12CC[N@+]3(CC(=O)O)CC[N+]4(CC(=O)O)CC[N@+](CC(=O)O)(CC1)C423)C(=O)O)C(=O)O)C(=O)O. The largest absolute Gasteiger partial charge is 0.483 e. The molecular formula is C34H54N8O17+4. The molecule has 4 saturated heterocycles. The fourth-order valence-corrected chi connectivity index (χ4v) is 10.7. The van der Waals surface area contributed by atoms with Gasteiger partial charge in [-0.1, -0.05) is 0 Å². The van der Waals surface area contributed by atoms with Gasteiger partial charge in [-0.2, -0.15) is 0 Å². The molecule has 0 aromatic carbocycles. The minimum absolute atomic E-state index is 0.0231. The first kappa shape index (κ1) is 46.0. The second-order valence-corrected chi connectivity index (χ2v) is 16.0. The Morgan fingerprint density at radius 1 is 0.441 bits per heavy atom. The first-order chi connectivity index (χ1) is 27.6. The normalized spacial score (nSPS) is 28.9. The van der Waals surface area contributed by atoms with Crippen molar-refractivity contribution in [1.82, 2.24) is 21.3 Å². The number of aliphatic carboxylic acids is 7. The van der Waals surface area contributed by atoms with E-state index in [1.165, 1.54) is 0 Å². The van der Waals surface area contributed by atoms with E-state index in [0.717, 1.165) is 0 Å². The molecule has 0 aliphatic carbocycles. The number of rotatable bonds is 25. The van der Waals surface area contributed by atoms with Crippen molar-refractivity contribution >= 4 is 59.6 Å². The molecule has 11 N–H and O–H groups in total. The van der Waals surface area contributed by atoms with E-state index in [4.69, 9.17) is 5.11 Å². The molecule has 1 spiro atoms. The number of carbonyl (C=O) groups is 10. The topological polar surface area (TPSA) is 360 Å². The van der Waals surface area contributed by atoms with E-state index >= 15 is 0 Å². The van der Waals surface area contributed by atoms with Gasteiger partial charge in [-0.25, -0.2) is 33.6 Å². The van der Waals surface area contributed by atoms with E-state index in [1.807, 2.05) is 10.6 Å². The van der Waals surface area contributed by atoms with Crippen LogP contribution in [-0.4, -0.2) is 222 Å². The number of unbranched alkanes of at least 4 members (excludes halogenated alkanes) is 1. The van der Waals surface area contributed by atoms with Crippen LogP contribution in [0.4, 0.5) is 4.79 Å². The number of carbonyl (C=O) groups excluding carboxylic acids is 3. The van der Waals surface area contributed by atoms with Gasteiger partial charge in [0.15, 0.2) is 26.2 Å². The molecule has 4 heterocycles. The zero-order valence-electron chi connectivity index (χ0n) is 32.4. The van der Waals surface area contributed by atoms with E-state index in [0.29, 0.717) is 52.4 Å². The van der Waals surface area contributed by atoms with Gasteiger partial charge in [-0.05, 0) is 32.1 Å². The molecule has 0 bridgehead atoms. The predicted octanol–water partition coefficient (Wildman–Crippen LogP) is -4.12. The predicted molar refractivity (Wildman–Crippen MR) is 192 cm³/mol. The highest BCUT2D eigenvalue weighted by molar-refractivity contribution is 5.87. The lowest BCUT2D eigenvalue weighted by Crippen LogP contribution is -2.86. The molecular weight excluding hydrogens is 792 g/mol. The van der Waals surface area contributed by atoms with E-state index in [2.05, 4.69) is 10.6 Å². The molecule has 328 valence electrons. The van der Waals surface area contributed by atoms with Gasteiger partial charge in [0.05, 0.1) is 0 Å².